The Morgan fingerprint density at radius 3 is 2.55 bits per heavy atom. The van der Waals surface area contributed by atoms with Crippen LogP contribution in [0.1, 0.15) is 24.2 Å². The van der Waals surface area contributed by atoms with Crippen molar-refractivity contribution in [3.05, 3.63) is 53.8 Å². The largest absolute Gasteiger partial charge is 0.478 e. The molecule has 1 fully saturated rings. The van der Waals surface area contributed by atoms with Gasteiger partial charge in [-0.25, -0.2) is 19.2 Å². The van der Waals surface area contributed by atoms with Crippen molar-refractivity contribution in [1.82, 2.24) is 14.9 Å². The minimum absolute atomic E-state index is 0.177. The summed E-state index contributed by atoms with van der Waals surface area (Å²) in [5.74, 6) is -0.599. The second kappa shape index (κ2) is 7.75. The van der Waals surface area contributed by atoms with E-state index in [1.165, 1.54) is 18.2 Å². The minimum atomic E-state index is -0.997. The van der Waals surface area contributed by atoms with E-state index in [9.17, 15) is 14.3 Å². The van der Waals surface area contributed by atoms with Crippen molar-refractivity contribution < 1.29 is 14.3 Å². The van der Waals surface area contributed by atoms with Gasteiger partial charge in [-0.3, -0.25) is 4.90 Å². The third kappa shape index (κ3) is 3.78. The fourth-order valence-electron chi connectivity index (χ4n) is 3.81. The molecule has 0 radical (unpaired) electrons. The predicted octanol–water partition coefficient (Wildman–Crippen LogP) is 3.66. The van der Waals surface area contributed by atoms with Gasteiger partial charge in [0.25, 0.3) is 0 Å². The van der Waals surface area contributed by atoms with Crippen LogP contribution in [0.25, 0.3) is 22.3 Å². The molecule has 4 rings (SSSR count). The summed E-state index contributed by atoms with van der Waals surface area (Å²) in [6, 6.07) is 11.2. The quantitative estimate of drug-likeness (QED) is 0.728. The zero-order valence-corrected chi connectivity index (χ0v) is 16.5. The number of carbonyl (C=O) groups is 1. The topological polar surface area (TPSA) is 69.6 Å². The molecule has 150 valence electrons. The van der Waals surface area contributed by atoms with Crippen molar-refractivity contribution in [3.8, 4) is 11.3 Å². The summed E-state index contributed by atoms with van der Waals surface area (Å²) in [7, 11) is 0. The maximum absolute atomic E-state index is 13.5. The van der Waals surface area contributed by atoms with Crippen LogP contribution in [-0.2, 0) is 0 Å². The first-order valence-corrected chi connectivity index (χ1v) is 9.76. The van der Waals surface area contributed by atoms with Crippen molar-refractivity contribution in [2.45, 2.75) is 19.9 Å². The third-order valence-electron chi connectivity index (χ3n) is 5.44. The van der Waals surface area contributed by atoms with Crippen LogP contribution >= 0.6 is 0 Å². The maximum atomic E-state index is 13.5. The molecular weight excluding hydrogens is 371 g/mol. The fraction of sp³-hybridized carbons (Fsp3) is 0.318. The highest BCUT2D eigenvalue weighted by Gasteiger charge is 2.27. The van der Waals surface area contributed by atoms with Crippen molar-refractivity contribution in [2.75, 3.05) is 31.1 Å². The number of aromatic carboxylic acids is 1. The highest BCUT2D eigenvalue weighted by Crippen LogP contribution is 2.32. The summed E-state index contributed by atoms with van der Waals surface area (Å²) in [6.45, 7) is 7.91. The van der Waals surface area contributed by atoms with Crippen LogP contribution in [0.4, 0.5) is 10.2 Å². The zero-order valence-electron chi connectivity index (χ0n) is 16.5. The van der Waals surface area contributed by atoms with Crippen molar-refractivity contribution in [2.24, 2.45) is 0 Å². The Labute approximate surface area is 168 Å². The second-order valence-corrected chi connectivity index (χ2v) is 7.35. The molecule has 0 spiro atoms. The normalized spacial score (nSPS) is 17.6. The molecule has 6 nitrogen and oxygen atoms in total. The molecule has 2 aromatic carbocycles. The number of rotatable bonds is 4. The van der Waals surface area contributed by atoms with Crippen molar-refractivity contribution >= 4 is 22.8 Å². The zero-order chi connectivity index (χ0) is 20.5. The first kappa shape index (κ1) is 19.3. The van der Waals surface area contributed by atoms with Gasteiger partial charge < -0.3 is 10.0 Å². The molecule has 1 aliphatic rings. The molecule has 0 bridgehead atoms. The number of halogens is 1. The Morgan fingerprint density at radius 1 is 1.14 bits per heavy atom. The molecule has 0 saturated carbocycles. The summed E-state index contributed by atoms with van der Waals surface area (Å²) in [5.41, 5.74) is 2.78. The number of fused-ring (bicyclic) bond motifs is 1. The molecule has 1 saturated heterocycles. The van der Waals surface area contributed by atoms with Crippen LogP contribution in [0.2, 0.25) is 0 Å². The number of hydrogen-bond acceptors (Lipinski definition) is 5. The lowest BCUT2D eigenvalue weighted by Crippen LogP contribution is -2.52. The molecule has 7 heteroatoms. The maximum Gasteiger partial charge on any atom is 0.335 e. The van der Waals surface area contributed by atoms with Gasteiger partial charge in [0.05, 0.1) is 16.6 Å². The highest BCUT2D eigenvalue weighted by atomic mass is 19.1. The molecule has 0 unspecified atom stereocenters. The summed E-state index contributed by atoms with van der Waals surface area (Å²) < 4.78 is 13.5. The Balaban J connectivity index is 1.87. The van der Waals surface area contributed by atoms with E-state index >= 15 is 0 Å². The molecule has 3 aromatic rings. The van der Waals surface area contributed by atoms with Crippen molar-refractivity contribution in [1.29, 1.82) is 0 Å². The Hall–Kier alpha value is -3.06. The number of carboxylic acids is 1. The van der Waals surface area contributed by atoms with Crippen molar-refractivity contribution in [3.63, 3.8) is 0 Å². The molecule has 1 N–H and O–H groups in total. The van der Waals surface area contributed by atoms with Crippen LogP contribution in [0.15, 0.2) is 42.5 Å². The van der Waals surface area contributed by atoms with Gasteiger partial charge in [-0.15, -0.1) is 0 Å². The molecule has 1 aliphatic heterocycles. The summed E-state index contributed by atoms with van der Waals surface area (Å²) in [4.78, 5) is 25.6. The molecule has 0 amide bonds. The number of carboxylic acid groups (broad SMARTS) is 1. The number of likely N-dealkylation sites (N-methyl/N-ethyl adjacent to an activating group) is 1. The van der Waals surface area contributed by atoms with Crippen LogP contribution in [0, 0.1) is 5.82 Å². The SMILES string of the molecule is CCN1CCN(c2nc3cc(C(=O)O)ccc3nc2-c2ccc(F)cc2)[C@@H](C)C1. The second-order valence-electron chi connectivity index (χ2n) is 7.35. The van der Waals surface area contributed by atoms with Gasteiger partial charge in [0.2, 0.25) is 0 Å². The average molecular weight is 394 g/mol. The van der Waals surface area contributed by atoms with Crippen LogP contribution in [0.3, 0.4) is 0 Å². The summed E-state index contributed by atoms with van der Waals surface area (Å²) in [5, 5.41) is 9.32. The number of anilines is 1. The minimum Gasteiger partial charge on any atom is -0.478 e. The number of benzene rings is 2. The number of hydrogen-bond donors (Lipinski definition) is 1. The molecule has 1 atom stereocenters. The standard InChI is InChI=1S/C22H23FN4O2/c1-3-26-10-11-27(14(2)13-26)21-20(15-4-7-17(23)8-5-15)24-18-9-6-16(22(28)29)12-19(18)25-21/h4-9,12,14H,3,10-11,13H2,1-2H3,(H,28,29)/t14-/m0/s1. The molecule has 0 aliphatic carbocycles. The van der Waals surface area contributed by atoms with Crippen LogP contribution in [-0.4, -0.2) is 58.2 Å². The summed E-state index contributed by atoms with van der Waals surface area (Å²) in [6.07, 6.45) is 0. The van der Waals surface area contributed by atoms with E-state index < -0.39 is 5.97 Å². The molecule has 2 heterocycles. The lowest BCUT2D eigenvalue weighted by molar-refractivity contribution is 0.0697. The van der Waals surface area contributed by atoms with Gasteiger partial charge in [0, 0.05) is 31.2 Å². The van der Waals surface area contributed by atoms with E-state index in [0.717, 1.165) is 31.7 Å². The fourth-order valence-corrected chi connectivity index (χ4v) is 3.81. The van der Waals surface area contributed by atoms with Crippen LogP contribution < -0.4 is 4.90 Å². The third-order valence-corrected chi connectivity index (χ3v) is 5.44. The molecule has 29 heavy (non-hydrogen) atoms. The highest BCUT2D eigenvalue weighted by molar-refractivity contribution is 5.93. The van der Waals surface area contributed by atoms with E-state index in [1.807, 2.05) is 0 Å². The smallest absolute Gasteiger partial charge is 0.335 e. The first-order chi connectivity index (χ1) is 14.0. The summed E-state index contributed by atoms with van der Waals surface area (Å²) >= 11 is 0. The van der Waals surface area contributed by atoms with Gasteiger partial charge in [0.1, 0.15) is 11.5 Å². The monoisotopic (exact) mass is 394 g/mol. The average Bonchev–Trinajstić information content (AvgIpc) is 2.73. The molecular formula is C22H23FN4O2. The van der Waals surface area contributed by atoms with E-state index in [0.29, 0.717) is 22.5 Å². The molecule has 1 aromatic heterocycles. The number of aromatic nitrogens is 2. The van der Waals surface area contributed by atoms with E-state index in [1.54, 1.807) is 24.3 Å². The van der Waals surface area contributed by atoms with E-state index in [-0.39, 0.29) is 17.4 Å². The van der Waals surface area contributed by atoms with Gasteiger partial charge in [-0.05, 0) is 55.9 Å². The van der Waals surface area contributed by atoms with E-state index in [2.05, 4.69) is 23.6 Å². The van der Waals surface area contributed by atoms with Gasteiger partial charge >= 0.3 is 5.97 Å². The Morgan fingerprint density at radius 2 is 1.90 bits per heavy atom. The number of nitrogens with zero attached hydrogens (tertiary/aromatic N) is 4. The number of piperazine rings is 1. The van der Waals surface area contributed by atoms with Crippen LogP contribution in [0.5, 0.6) is 0 Å². The lowest BCUT2D eigenvalue weighted by Gasteiger charge is -2.40. The predicted molar refractivity (Wildman–Crippen MR) is 111 cm³/mol. The Bertz CT molecular complexity index is 1050. The van der Waals surface area contributed by atoms with E-state index in [4.69, 9.17) is 9.97 Å². The first-order valence-electron chi connectivity index (χ1n) is 9.76. The lowest BCUT2D eigenvalue weighted by atomic mass is 10.1. The Kier molecular flexibility index (Phi) is 5.15. The van der Waals surface area contributed by atoms with Gasteiger partial charge in [-0.2, -0.15) is 0 Å². The van der Waals surface area contributed by atoms with Gasteiger partial charge in [-0.1, -0.05) is 6.92 Å². The van der Waals surface area contributed by atoms with Gasteiger partial charge in [0.15, 0.2) is 5.82 Å².